The van der Waals surface area contributed by atoms with E-state index < -0.39 is 6.10 Å². The largest absolute Gasteiger partial charge is 0.394 e. The molecule has 0 saturated carbocycles. The molecule has 0 amide bonds. The van der Waals surface area contributed by atoms with E-state index in [9.17, 15) is 5.11 Å². The van der Waals surface area contributed by atoms with Crippen molar-refractivity contribution >= 4 is 0 Å². The van der Waals surface area contributed by atoms with E-state index in [-0.39, 0.29) is 24.9 Å². The molecular weight excluding hydrogens is 136 g/mol. The van der Waals surface area contributed by atoms with E-state index >= 15 is 0 Å². The zero-order valence-corrected chi connectivity index (χ0v) is 5.43. The van der Waals surface area contributed by atoms with Crippen molar-refractivity contribution in [1.82, 2.24) is 0 Å². The number of aliphatic hydroxyl groups excluding tert-OH is 2. The predicted octanol–water partition coefficient (Wildman–Crippen LogP) is -1.49. The van der Waals surface area contributed by atoms with Gasteiger partial charge in [0.25, 0.3) is 0 Å². The summed E-state index contributed by atoms with van der Waals surface area (Å²) in [5.74, 6) is 0. The highest BCUT2D eigenvalue weighted by Crippen LogP contribution is 2.30. The molecule has 0 radical (unpaired) electrons. The van der Waals surface area contributed by atoms with Gasteiger partial charge in [-0.25, -0.2) is 0 Å². The molecule has 4 nitrogen and oxygen atoms in total. The van der Waals surface area contributed by atoms with Crippen molar-refractivity contribution in [3.8, 4) is 0 Å². The first-order valence-corrected chi connectivity index (χ1v) is 3.39. The molecule has 2 heterocycles. The Morgan fingerprint density at radius 1 is 1.50 bits per heavy atom. The fourth-order valence-corrected chi connectivity index (χ4v) is 1.51. The van der Waals surface area contributed by atoms with Crippen molar-refractivity contribution < 1.29 is 19.7 Å². The molecule has 4 atom stereocenters. The summed E-state index contributed by atoms with van der Waals surface area (Å²) >= 11 is 0. The zero-order valence-electron chi connectivity index (χ0n) is 5.43. The predicted molar refractivity (Wildman–Crippen MR) is 31.5 cm³/mol. The Bertz CT molecular complexity index is 138. The third kappa shape index (κ3) is 0.703. The molecule has 2 aliphatic heterocycles. The van der Waals surface area contributed by atoms with Crippen LogP contribution in [0.15, 0.2) is 0 Å². The second-order valence-corrected chi connectivity index (χ2v) is 2.68. The lowest BCUT2D eigenvalue weighted by atomic mass is 10.1. The van der Waals surface area contributed by atoms with Gasteiger partial charge in [-0.3, -0.25) is 0 Å². The third-order valence-electron chi connectivity index (χ3n) is 2.07. The van der Waals surface area contributed by atoms with E-state index in [0.717, 1.165) is 0 Å². The quantitative estimate of drug-likeness (QED) is 0.473. The number of hydrogen-bond donors (Lipinski definition) is 2. The Morgan fingerprint density at radius 3 is 2.60 bits per heavy atom. The Labute approximate surface area is 58.4 Å². The van der Waals surface area contributed by atoms with Gasteiger partial charge in [0, 0.05) is 0 Å². The summed E-state index contributed by atoms with van der Waals surface area (Å²) in [6.07, 6.45) is -1.34. The van der Waals surface area contributed by atoms with Crippen molar-refractivity contribution in [3.63, 3.8) is 0 Å². The van der Waals surface area contributed by atoms with Gasteiger partial charge >= 0.3 is 0 Å². The maximum absolute atomic E-state index is 9.27. The van der Waals surface area contributed by atoms with E-state index in [1.165, 1.54) is 0 Å². The minimum Gasteiger partial charge on any atom is -0.394 e. The zero-order chi connectivity index (χ0) is 7.14. The average molecular weight is 146 g/mol. The average Bonchev–Trinajstić information content (AvgIpc) is 2.46. The number of rotatable bonds is 1. The molecule has 2 saturated heterocycles. The molecule has 2 rings (SSSR count). The lowest BCUT2D eigenvalue weighted by Crippen LogP contribution is -2.33. The molecule has 58 valence electrons. The molecule has 0 aromatic carbocycles. The summed E-state index contributed by atoms with van der Waals surface area (Å²) in [4.78, 5) is 0. The van der Waals surface area contributed by atoms with E-state index in [1.807, 2.05) is 0 Å². The lowest BCUT2D eigenvalue weighted by Gasteiger charge is -2.19. The van der Waals surface area contributed by atoms with E-state index in [1.54, 1.807) is 0 Å². The van der Waals surface area contributed by atoms with Crippen LogP contribution < -0.4 is 0 Å². The summed E-state index contributed by atoms with van der Waals surface area (Å²) in [6, 6.07) is 0. The minimum absolute atomic E-state index is 0.0712. The molecule has 0 unspecified atom stereocenters. The highest BCUT2D eigenvalue weighted by Gasteiger charge is 2.49. The molecule has 0 aromatic rings. The summed E-state index contributed by atoms with van der Waals surface area (Å²) in [5, 5.41) is 18.0. The van der Waals surface area contributed by atoms with Crippen LogP contribution in [0.3, 0.4) is 0 Å². The first-order chi connectivity index (χ1) is 4.83. The van der Waals surface area contributed by atoms with Gasteiger partial charge in [-0.15, -0.1) is 0 Å². The smallest absolute Gasteiger partial charge is 0.114 e. The third-order valence-corrected chi connectivity index (χ3v) is 2.07. The van der Waals surface area contributed by atoms with Gasteiger partial charge in [0.05, 0.1) is 13.2 Å². The molecule has 2 aliphatic rings. The van der Waals surface area contributed by atoms with Crippen molar-refractivity contribution in [2.75, 3.05) is 13.2 Å². The van der Waals surface area contributed by atoms with Crippen molar-refractivity contribution in [2.45, 2.75) is 24.4 Å². The van der Waals surface area contributed by atoms with E-state index in [4.69, 9.17) is 14.6 Å². The fourth-order valence-electron chi connectivity index (χ4n) is 1.51. The number of aliphatic hydroxyl groups is 2. The van der Waals surface area contributed by atoms with Crippen LogP contribution in [0.2, 0.25) is 0 Å². The monoisotopic (exact) mass is 146 g/mol. The van der Waals surface area contributed by atoms with Crippen LogP contribution in [0.25, 0.3) is 0 Å². The molecule has 2 N–H and O–H groups in total. The Balaban J connectivity index is 2.08. The molecular formula is C6H10O4. The SMILES string of the molecule is OC[C@H]1O[C@H]2CO[C@H]1[C@@H]2O. The maximum atomic E-state index is 9.27. The van der Waals surface area contributed by atoms with E-state index in [2.05, 4.69) is 0 Å². The molecule has 2 bridgehead atoms. The Hall–Kier alpha value is -0.160. The standard InChI is InChI=1S/C6H10O4/c7-1-3-6-5(8)4(10-3)2-9-6/h3-8H,1-2H2/t3-,4+,5-,6-/m1/s1. The molecule has 0 spiro atoms. The first-order valence-electron chi connectivity index (χ1n) is 3.39. The van der Waals surface area contributed by atoms with Crippen LogP contribution >= 0.6 is 0 Å². The second kappa shape index (κ2) is 2.17. The molecule has 4 heteroatoms. The summed E-state index contributed by atoms with van der Waals surface area (Å²) in [7, 11) is 0. The topological polar surface area (TPSA) is 58.9 Å². The van der Waals surface area contributed by atoms with Crippen LogP contribution in [0.1, 0.15) is 0 Å². The van der Waals surface area contributed by atoms with Gasteiger partial charge < -0.3 is 19.7 Å². The Morgan fingerprint density at radius 2 is 2.30 bits per heavy atom. The number of ether oxygens (including phenoxy) is 2. The van der Waals surface area contributed by atoms with Gasteiger partial charge in [0.1, 0.15) is 24.4 Å². The number of hydrogen-bond acceptors (Lipinski definition) is 4. The van der Waals surface area contributed by atoms with Crippen molar-refractivity contribution in [2.24, 2.45) is 0 Å². The van der Waals surface area contributed by atoms with Gasteiger partial charge in [-0.2, -0.15) is 0 Å². The second-order valence-electron chi connectivity index (χ2n) is 2.68. The van der Waals surface area contributed by atoms with E-state index in [0.29, 0.717) is 6.61 Å². The van der Waals surface area contributed by atoms with Crippen LogP contribution in [0.4, 0.5) is 0 Å². The van der Waals surface area contributed by atoms with Crippen LogP contribution in [-0.4, -0.2) is 47.8 Å². The van der Waals surface area contributed by atoms with Crippen molar-refractivity contribution in [3.05, 3.63) is 0 Å². The van der Waals surface area contributed by atoms with Gasteiger partial charge in [0.2, 0.25) is 0 Å². The van der Waals surface area contributed by atoms with Gasteiger partial charge in [0.15, 0.2) is 0 Å². The normalized spacial score (nSPS) is 52.2. The Kier molecular flexibility index (Phi) is 1.42. The minimum atomic E-state index is -0.530. The van der Waals surface area contributed by atoms with Crippen LogP contribution in [0, 0.1) is 0 Å². The number of fused-ring (bicyclic) bond motifs is 2. The molecule has 10 heavy (non-hydrogen) atoms. The molecule has 0 aromatic heterocycles. The highest BCUT2D eigenvalue weighted by atomic mass is 16.6. The van der Waals surface area contributed by atoms with Gasteiger partial charge in [-0.1, -0.05) is 0 Å². The van der Waals surface area contributed by atoms with Gasteiger partial charge in [-0.05, 0) is 0 Å². The molecule has 2 fully saturated rings. The van der Waals surface area contributed by atoms with Crippen LogP contribution in [-0.2, 0) is 9.47 Å². The highest BCUT2D eigenvalue weighted by molar-refractivity contribution is 4.96. The van der Waals surface area contributed by atoms with Crippen molar-refractivity contribution in [1.29, 1.82) is 0 Å². The lowest BCUT2D eigenvalue weighted by molar-refractivity contribution is -0.108. The fraction of sp³-hybridized carbons (Fsp3) is 1.00. The molecule has 0 aliphatic carbocycles. The maximum Gasteiger partial charge on any atom is 0.114 e. The summed E-state index contributed by atoms with van der Waals surface area (Å²) in [6.45, 7) is 0.389. The first kappa shape index (κ1) is 6.54. The van der Waals surface area contributed by atoms with Crippen LogP contribution in [0.5, 0.6) is 0 Å². The summed E-state index contributed by atoms with van der Waals surface area (Å²) in [5.41, 5.74) is 0. The summed E-state index contributed by atoms with van der Waals surface area (Å²) < 4.78 is 10.3.